The van der Waals surface area contributed by atoms with E-state index in [1.807, 2.05) is 24.3 Å². The van der Waals surface area contributed by atoms with Gasteiger partial charge in [0, 0.05) is 37.3 Å². The highest BCUT2D eigenvalue weighted by Crippen LogP contribution is 2.49. The molecule has 0 aliphatic heterocycles. The highest BCUT2D eigenvalue weighted by Gasteiger charge is 2.21. The molecule has 0 spiro atoms. The van der Waals surface area contributed by atoms with Crippen LogP contribution in [0.2, 0.25) is 0 Å². The molecule has 0 N–H and O–H groups in total. The van der Waals surface area contributed by atoms with Gasteiger partial charge in [0.1, 0.15) is 23.2 Å². The van der Waals surface area contributed by atoms with E-state index in [0.717, 1.165) is 50.7 Å². The van der Waals surface area contributed by atoms with Crippen molar-refractivity contribution in [3.63, 3.8) is 0 Å². The van der Waals surface area contributed by atoms with E-state index in [2.05, 4.69) is 42.0 Å². The summed E-state index contributed by atoms with van der Waals surface area (Å²) in [6.45, 7) is 14.1. The van der Waals surface area contributed by atoms with E-state index in [-0.39, 0.29) is 11.7 Å². The van der Waals surface area contributed by atoms with Crippen LogP contribution < -0.4 is 0 Å². The molecule has 0 aliphatic rings. The number of nitrogens with zero attached hydrogens (tertiary/aromatic N) is 9. The molecule has 9 nitrogen and oxygen atoms in total. The number of rotatable bonds is 4. The van der Waals surface area contributed by atoms with Crippen LogP contribution in [0.3, 0.4) is 0 Å². The topological polar surface area (TPSA) is 112 Å². The molecule has 0 unspecified atom stereocenters. The molecule has 178 valence electrons. The van der Waals surface area contributed by atoms with Gasteiger partial charge in [-0.1, -0.05) is 45.8 Å². The summed E-state index contributed by atoms with van der Waals surface area (Å²) in [5, 5.41) is 30.6. The van der Waals surface area contributed by atoms with E-state index in [9.17, 15) is 0 Å². The first-order valence-electron chi connectivity index (χ1n) is 10.6. The number of fused-ring (bicyclic) bond motifs is 6. The highest BCUT2D eigenvalue weighted by atomic mass is 32.1. The van der Waals surface area contributed by atoms with Crippen LogP contribution in [0.4, 0.5) is 10.0 Å². The summed E-state index contributed by atoms with van der Waals surface area (Å²) < 4.78 is 2.21. The number of benzene rings is 1. The standard InChI is InChI=1S/C25H9N9S4/c1-28-18(10-26)30-20-6-4-14(35-20)16-8-12-22-23(33-34(3)32-22)13-9-17(38-25(13)24(12)37-16)15-5-7-21(36-15)31-19(11-27)29-2/h4-9H,3H3. The molecular weight excluding hydrogens is 555 g/mol. The smallest absolute Gasteiger partial charge is 0.350 e. The second kappa shape index (κ2) is 9.28. The van der Waals surface area contributed by atoms with Crippen molar-refractivity contribution in [1.29, 1.82) is 10.5 Å². The van der Waals surface area contributed by atoms with E-state index in [1.54, 1.807) is 46.7 Å². The first-order valence-corrected chi connectivity index (χ1v) is 13.9. The molecule has 0 fully saturated rings. The number of aryl methyl sites for hydroxylation is 1. The quantitative estimate of drug-likeness (QED) is 0.124. The third-order valence-corrected chi connectivity index (χ3v) is 10.2. The summed E-state index contributed by atoms with van der Waals surface area (Å²) in [5.41, 5.74) is 1.65. The zero-order valence-electron chi connectivity index (χ0n) is 19.1. The van der Waals surface area contributed by atoms with Gasteiger partial charge < -0.3 is 9.69 Å². The summed E-state index contributed by atoms with van der Waals surface area (Å²) in [6, 6.07) is 15.3. The number of nitriles is 2. The zero-order chi connectivity index (χ0) is 26.4. The summed E-state index contributed by atoms with van der Waals surface area (Å²) in [7, 11) is 1.81. The van der Waals surface area contributed by atoms with E-state index < -0.39 is 0 Å². The summed E-state index contributed by atoms with van der Waals surface area (Å²) >= 11 is 6.17. The van der Waals surface area contributed by atoms with Gasteiger partial charge >= 0.3 is 11.7 Å². The van der Waals surface area contributed by atoms with Crippen molar-refractivity contribution in [3.8, 4) is 31.6 Å². The Labute approximate surface area is 230 Å². The van der Waals surface area contributed by atoms with Crippen LogP contribution in [0, 0.1) is 35.8 Å². The Morgan fingerprint density at radius 2 is 1.21 bits per heavy atom. The fraction of sp³-hybridized carbons (Fsp3) is 0.0400. The molecule has 0 amide bonds. The minimum atomic E-state index is -0.191. The Morgan fingerprint density at radius 1 is 0.763 bits per heavy atom. The molecule has 38 heavy (non-hydrogen) atoms. The summed E-state index contributed by atoms with van der Waals surface area (Å²) in [5.74, 6) is -0.381. The minimum absolute atomic E-state index is 0.191. The SMILES string of the molecule is [C-]#[N+]C(C#N)=Nc1ccc(-c2cc3c4nn(C)nc4c4cc(-c5ccc(N=C(C#N)[N+]#[C-])s5)sc4c3s2)s1. The van der Waals surface area contributed by atoms with Crippen LogP contribution in [0.5, 0.6) is 0 Å². The van der Waals surface area contributed by atoms with Crippen LogP contribution in [0.25, 0.3) is 60.4 Å². The Bertz CT molecular complexity index is 1970. The van der Waals surface area contributed by atoms with Crippen LogP contribution in [-0.4, -0.2) is 26.7 Å². The van der Waals surface area contributed by atoms with Gasteiger partial charge in [0.2, 0.25) is 10.0 Å². The number of amidine groups is 2. The molecule has 0 aliphatic carbocycles. The van der Waals surface area contributed by atoms with Crippen molar-refractivity contribution < 1.29 is 0 Å². The molecular formula is C25H9N9S4. The monoisotopic (exact) mass is 563 g/mol. The molecule has 13 heteroatoms. The predicted octanol–water partition coefficient (Wildman–Crippen LogP) is 7.80. The highest BCUT2D eigenvalue weighted by molar-refractivity contribution is 7.33. The van der Waals surface area contributed by atoms with Gasteiger partial charge in [-0.2, -0.15) is 15.0 Å². The lowest BCUT2D eigenvalue weighted by molar-refractivity contribution is 0.666. The van der Waals surface area contributed by atoms with Gasteiger partial charge in [0.25, 0.3) is 0 Å². The second-order valence-corrected chi connectivity index (χ2v) is 11.9. The maximum absolute atomic E-state index is 9.02. The molecule has 0 bridgehead atoms. The lowest BCUT2D eigenvalue weighted by atomic mass is 10.1. The molecule has 0 atom stereocenters. The first kappa shape index (κ1) is 23.6. The van der Waals surface area contributed by atoms with Crippen molar-refractivity contribution in [2.75, 3.05) is 0 Å². The van der Waals surface area contributed by atoms with E-state index in [1.165, 1.54) is 22.7 Å². The fourth-order valence-electron chi connectivity index (χ4n) is 3.88. The van der Waals surface area contributed by atoms with Crippen molar-refractivity contribution in [2.24, 2.45) is 17.0 Å². The predicted molar refractivity (Wildman–Crippen MR) is 155 cm³/mol. The normalized spacial score (nSPS) is 12.0. The van der Waals surface area contributed by atoms with Gasteiger partial charge in [-0.05, 0) is 36.4 Å². The maximum atomic E-state index is 9.02. The molecule has 0 radical (unpaired) electrons. The fourth-order valence-corrected chi connectivity index (χ4v) is 8.28. The van der Waals surface area contributed by atoms with E-state index >= 15 is 0 Å². The maximum Gasteiger partial charge on any atom is 0.350 e. The molecule has 1 aromatic carbocycles. The Kier molecular flexibility index (Phi) is 5.77. The zero-order valence-corrected chi connectivity index (χ0v) is 22.4. The van der Waals surface area contributed by atoms with Gasteiger partial charge in [-0.15, -0.1) is 22.7 Å². The van der Waals surface area contributed by atoms with Crippen molar-refractivity contribution in [2.45, 2.75) is 0 Å². The molecule has 5 heterocycles. The van der Waals surface area contributed by atoms with Crippen LogP contribution in [-0.2, 0) is 7.05 Å². The van der Waals surface area contributed by atoms with Crippen LogP contribution in [0.1, 0.15) is 0 Å². The summed E-state index contributed by atoms with van der Waals surface area (Å²) in [4.78, 5) is 20.2. The van der Waals surface area contributed by atoms with Gasteiger partial charge in [-0.3, -0.25) is 0 Å². The molecule has 6 aromatic rings. The average molecular weight is 564 g/mol. The number of thiophene rings is 4. The van der Waals surface area contributed by atoms with Gasteiger partial charge in [-0.25, -0.2) is 10.5 Å². The third-order valence-electron chi connectivity index (χ3n) is 5.41. The average Bonchev–Trinajstić information content (AvgIpc) is 3.74. The number of aromatic nitrogens is 3. The Balaban J connectivity index is 1.51. The van der Waals surface area contributed by atoms with Crippen molar-refractivity contribution in [3.05, 3.63) is 59.2 Å². The van der Waals surface area contributed by atoms with Crippen LogP contribution >= 0.6 is 45.3 Å². The number of hydrogen-bond acceptors (Lipinski definition) is 10. The lowest BCUT2D eigenvalue weighted by Crippen LogP contribution is -1.90. The van der Waals surface area contributed by atoms with Crippen molar-refractivity contribution in [1.82, 2.24) is 15.0 Å². The Hall–Kier alpha value is -4.76. The molecule has 5 aromatic heterocycles. The number of hydrogen-bond donors (Lipinski definition) is 0. The van der Waals surface area contributed by atoms with Crippen LogP contribution in [0.15, 0.2) is 46.4 Å². The molecule has 6 rings (SSSR count). The second-order valence-electron chi connectivity index (χ2n) is 7.69. The summed E-state index contributed by atoms with van der Waals surface area (Å²) in [6.07, 6.45) is 0. The van der Waals surface area contributed by atoms with Gasteiger partial charge in [0.05, 0.1) is 9.40 Å². The number of aliphatic imine (C=N–C) groups is 2. The van der Waals surface area contributed by atoms with E-state index in [0.29, 0.717) is 10.0 Å². The third kappa shape index (κ3) is 3.93. The lowest BCUT2D eigenvalue weighted by Gasteiger charge is -1.93. The largest absolute Gasteiger partial charge is 0.351 e. The minimum Gasteiger partial charge on any atom is -0.351 e. The van der Waals surface area contributed by atoms with E-state index in [4.69, 9.17) is 23.7 Å². The van der Waals surface area contributed by atoms with Crippen molar-refractivity contribution >= 4 is 98.2 Å². The first-order chi connectivity index (χ1) is 18.5. The Morgan fingerprint density at radius 3 is 1.61 bits per heavy atom. The van der Waals surface area contributed by atoms with Gasteiger partial charge in [0.15, 0.2) is 0 Å². The molecule has 0 saturated carbocycles. The molecule has 0 saturated heterocycles.